The van der Waals surface area contributed by atoms with Crippen molar-refractivity contribution in [3.05, 3.63) is 34.9 Å². The molecular formula is C22H32F2N2O3S. The number of carbonyl (C=O) groups is 1. The molecule has 2 atom stereocenters. The molecule has 1 saturated heterocycles. The van der Waals surface area contributed by atoms with Gasteiger partial charge < -0.3 is 14.2 Å². The van der Waals surface area contributed by atoms with Gasteiger partial charge in [0.25, 0.3) is 0 Å². The third-order valence-corrected chi connectivity index (χ3v) is 7.43. The van der Waals surface area contributed by atoms with Gasteiger partial charge in [-0.05, 0) is 78.5 Å². The van der Waals surface area contributed by atoms with Gasteiger partial charge in [-0.2, -0.15) is 0 Å². The number of ether oxygens (including phenoxy) is 1. The molecule has 0 bridgehead atoms. The van der Waals surface area contributed by atoms with Crippen LogP contribution in [0.4, 0.5) is 13.6 Å². The highest BCUT2D eigenvalue weighted by Crippen LogP contribution is 2.54. The number of carbonyl (C=O) groups excluding carboxylic acids is 1. The molecule has 168 valence electrons. The predicted octanol–water partition coefficient (Wildman–Crippen LogP) is 4.63. The number of nitrogens with zero attached hydrogens (tertiary/aromatic N) is 1. The largest absolute Gasteiger partial charge is 0.598 e. The summed E-state index contributed by atoms with van der Waals surface area (Å²) in [5.41, 5.74) is -0.469. The second-order valence-electron chi connectivity index (χ2n) is 10.4. The monoisotopic (exact) mass is 442 g/mol. The Bertz CT molecular complexity index is 812. The number of nitrogens with one attached hydrogen (secondary N) is 1. The van der Waals surface area contributed by atoms with E-state index in [0.717, 1.165) is 12.1 Å². The Morgan fingerprint density at radius 1 is 1.17 bits per heavy atom. The second-order valence-corrected chi connectivity index (χ2v) is 12.4. The Kier molecular flexibility index (Phi) is 6.17. The lowest BCUT2D eigenvalue weighted by molar-refractivity contribution is 0.00700. The molecule has 1 unspecified atom stereocenters. The van der Waals surface area contributed by atoms with E-state index < -0.39 is 44.8 Å². The molecule has 2 aliphatic rings. The Labute approximate surface area is 180 Å². The molecule has 1 aromatic rings. The Balaban J connectivity index is 1.87. The topological polar surface area (TPSA) is 64.6 Å². The van der Waals surface area contributed by atoms with Crippen LogP contribution in [0.15, 0.2) is 12.1 Å². The first kappa shape index (κ1) is 23.3. The Hall–Kier alpha value is -1.38. The molecule has 1 aromatic carbocycles. The van der Waals surface area contributed by atoms with E-state index in [1.807, 2.05) is 41.5 Å². The normalized spacial score (nSPS) is 22.2. The van der Waals surface area contributed by atoms with Crippen molar-refractivity contribution in [1.29, 1.82) is 0 Å². The van der Waals surface area contributed by atoms with E-state index in [1.54, 1.807) is 4.90 Å². The number of fused-ring (bicyclic) bond motifs is 1. The SMILES string of the molecule is CC(C)(C)OC(=O)N1CCC2(CC1)Cc1c(F)ccc(F)c1C2N[S@+]([O-])C(C)(C)C. The van der Waals surface area contributed by atoms with E-state index in [0.29, 0.717) is 37.9 Å². The summed E-state index contributed by atoms with van der Waals surface area (Å²) in [5.74, 6) is -0.924. The smallest absolute Gasteiger partial charge is 0.410 e. The molecule has 0 saturated carbocycles. The number of hydrogen-bond acceptors (Lipinski definition) is 4. The van der Waals surface area contributed by atoms with Crippen molar-refractivity contribution in [2.24, 2.45) is 5.41 Å². The summed E-state index contributed by atoms with van der Waals surface area (Å²) in [5, 5.41) is 0. The van der Waals surface area contributed by atoms with Crippen molar-refractivity contribution in [2.45, 2.75) is 77.2 Å². The molecule has 30 heavy (non-hydrogen) atoms. The highest BCUT2D eigenvalue weighted by molar-refractivity contribution is 7.90. The molecule has 1 spiro atoms. The fraction of sp³-hybridized carbons (Fsp3) is 0.682. The van der Waals surface area contributed by atoms with Gasteiger partial charge >= 0.3 is 6.09 Å². The first-order valence-corrected chi connectivity index (χ1v) is 11.5. The molecule has 1 heterocycles. The zero-order chi connectivity index (χ0) is 22.5. The third kappa shape index (κ3) is 4.60. The van der Waals surface area contributed by atoms with Gasteiger partial charge in [-0.1, -0.05) is 0 Å². The molecule has 1 aliphatic heterocycles. The summed E-state index contributed by atoms with van der Waals surface area (Å²) < 4.78 is 50.3. The van der Waals surface area contributed by atoms with E-state index in [2.05, 4.69) is 4.72 Å². The van der Waals surface area contributed by atoms with E-state index in [9.17, 15) is 18.1 Å². The van der Waals surface area contributed by atoms with Gasteiger partial charge in [0.05, 0.1) is 6.04 Å². The van der Waals surface area contributed by atoms with Crippen LogP contribution in [0.25, 0.3) is 0 Å². The van der Waals surface area contributed by atoms with Gasteiger partial charge in [-0.3, -0.25) is 0 Å². The van der Waals surface area contributed by atoms with Gasteiger partial charge in [0.1, 0.15) is 22.0 Å². The first-order chi connectivity index (χ1) is 13.7. The van der Waals surface area contributed by atoms with Crippen LogP contribution in [0.2, 0.25) is 0 Å². The molecule has 0 radical (unpaired) electrons. The number of benzene rings is 1. The molecule has 1 N–H and O–H groups in total. The maximum absolute atomic E-state index is 14.8. The number of amides is 1. The van der Waals surface area contributed by atoms with Crippen LogP contribution in [0.5, 0.6) is 0 Å². The highest BCUT2D eigenvalue weighted by Gasteiger charge is 2.53. The van der Waals surface area contributed by atoms with E-state index >= 15 is 0 Å². The van der Waals surface area contributed by atoms with Crippen molar-refractivity contribution >= 4 is 17.5 Å². The summed E-state index contributed by atoms with van der Waals surface area (Å²) in [6.07, 6.45) is 1.05. The molecule has 0 aromatic heterocycles. The average molecular weight is 443 g/mol. The average Bonchev–Trinajstić information content (AvgIpc) is 2.92. The number of rotatable bonds is 2. The number of hydrogen-bond donors (Lipinski definition) is 1. The minimum absolute atomic E-state index is 0.276. The molecule has 5 nitrogen and oxygen atoms in total. The predicted molar refractivity (Wildman–Crippen MR) is 113 cm³/mol. The summed E-state index contributed by atoms with van der Waals surface area (Å²) in [4.78, 5) is 14.1. The lowest BCUT2D eigenvalue weighted by atomic mass is 9.73. The highest BCUT2D eigenvalue weighted by atomic mass is 32.2. The van der Waals surface area contributed by atoms with Crippen LogP contribution < -0.4 is 4.72 Å². The van der Waals surface area contributed by atoms with Crippen molar-refractivity contribution in [2.75, 3.05) is 13.1 Å². The van der Waals surface area contributed by atoms with Crippen molar-refractivity contribution in [1.82, 2.24) is 9.62 Å². The number of likely N-dealkylation sites (tertiary alicyclic amines) is 1. The summed E-state index contributed by atoms with van der Waals surface area (Å²) >= 11 is -1.45. The summed E-state index contributed by atoms with van der Waals surface area (Å²) in [6, 6.07) is 1.71. The Morgan fingerprint density at radius 2 is 1.73 bits per heavy atom. The Morgan fingerprint density at radius 3 is 2.27 bits per heavy atom. The molecule has 1 fully saturated rings. The van der Waals surface area contributed by atoms with Crippen LogP contribution in [-0.4, -0.2) is 39.0 Å². The molecule has 3 rings (SSSR count). The van der Waals surface area contributed by atoms with Crippen LogP contribution in [0, 0.1) is 17.0 Å². The van der Waals surface area contributed by atoms with Crippen LogP contribution in [-0.2, 0) is 22.5 Å². The summed E-state index contributed by atoms with van der Waals surface area (Å²) in [7, 11) is 0. The zero-order valence-electron chi connectivity index (χ0n) is 18.6. The maximum atomic E-state index is 14.8. The van der Waals surface area contributed by atoms with Gasteiger partial charge in [-0.25, -0.2) is 13.6 Å². The molecule has 1 aliphatic carbocycles. The van der Waals surface area contributed by atoms with Gasteiger partial charge in [0.2, 0.25) is 0 Å². The fourth-order valence-corrected chi connectivity index (χ4v) is 5.19. The van der Waals surface area contributed by atoms with Gasteiger partial charge in [-0.15, -0.1) is 4.72 Å². The quantitative estimate of drug-likeness (QED) is 0.678. The second kappa shape index (κ2) is 7.95. The van der Waals surface area contributed by atoms with Crippen molar-refractivity contribution in [3.8, 4) is 0 Å². The molecular weight excluding hydrogens is 410 g/mol. The minimum atomic E-state index is -1.45. The maximum Gasteiger partial charge on any atom is 0.410 e. The lowest BCUT2D eigenvalue weighted by Gasteiger charge is -2.43. The molecule has 1 amide bonds. The number of halogens is 2. The van der Waals surface area contributed by atoms with Gasteiger partial charge in [0, 0.05) is 35.4 Å². The van der Waals surface area contributed by atoms with E-state index in [4.69, 9.17) is 4.74 Å². The summed E-state index contributed by atoms with van der Waals surface area (Å²) in [6.45, 7) is 11.8. The van der Waals surface area contributed by atoms with Crippen molar-refractivity contribution < 1.29 is 22.9 Å². The first-order valence-electron chi connectivity index (χ1n) is 10.4. The van der Waals surface area contributed by atoms with Crippen LogP contribution in [0.1, 0.15) is 71.6 Å². The number of piperidine rings is 1. The fourth-order valence-electron chi connectivity index (χ4n) is 4.26. The minimum Gasteiger partial charge on any atom is -0.598 e. The van der Waals surface area contributed by atoms with Crippen LogP contribution >= 0.6 is 0 Å². The van der Waals surface area contributed by atoms with Crippen LogP contribution in [0.3, 0.4) is 0 Å². The standard InChI is InChI=1S/C22H32F2N2O3S/c1-20(2,3)29-19(27)26-11-9-22(10-12-26)13-14-15(23)7-8-16(24)17(14)18(22)25-30(28)21(4,5)6/h7-8,18,25H,9-13H2,1-6H3/t18?,30-/m1/s1. The van der Waals surface area contributed by atoms with E-state index in [1.165, 1.54) is 0 Å². The molecule has 8 heteroatoms. The lowest BCUT2D eigenvalue weighted by Crippen LogP contribution is -2.51. The van der Waals surface area contributed by atoms with Crippen molar-refractivity contribution in [3.63, 3.8) is 0 Å². The van der Waals surface area contributed by atoms with Gasteiger partial charge in [0.15, 0.2) is 0 Å². The third-order valence-electron chi connectivity index (χ3n) is 5.87. The van der Waals surface area contributed by atoms with E-state index in [-0.39, 0.29) is 11.7 Å². The zero-order valence-corrected chi connectivity index (χ0v) is 19.4.